The third-order valence-corrected chi connectivity index (χ3v) is 4.73. The molecule has 0 saturated heterocycles. The van der Waals surface area contributed by atoms with E-state index >= 15 is 0 Å². The number of benzene rings is 1. The molecule has 0 unspecified atom stereocenters. The molecule has 2 heterocycles. The van der Waals surface area contributed by atoms with Crippen molar-refractivity contribution >= 4 is 46.7 Å². The number of alkyl halides is 3. The van der Waals surface area contributed by atoms with Crippen LogP contribution in [0.4, 0.5) is 13.2 Å². The van der Waals surface area contributed by atoms with Gasteiger partial charge in [0.1, 0.15) is 18.6 Å². The zero-order chi connectivity index (χ0) is 23.5. The van der Waals surface area contributed by atoms with Crippen molar-refractivity contribution < 1.29 is 23.2 Å². The van der Waals surface area contributed by atoms with Crippen LogP contribution in [0.3, 0.4) is 0 Å². The van der Waals surface area contributed by atoms with Gasteiger partial charge >= 0.3 is 6.18 Å². The monoisotopic (exact) mass is 486 g/mol. The zero-order valence-corrected chi connectivity index (χ0v) is 17.8. The van der Waals surface area contributed by atoms with Gasteiger partial charge in [-0.05, 0) is 23.8 Å². The van der Waals surface area contributed by atoms with E-state index in [4.69, 9.17) is 39.0 Å². The summed E-state index contributed by atoms with van der Waals surface area (Å²) in [6, 6.07) is 5.70. The van der Waals surface area contributed by atoms with Crippen LogP contribution in [0.5, 0.6) is 0 Å². The molecule has 3 aromatic rings. The Morgan fingerprint density at radius 2 is 2.00 bits per heavy atom. The lowest BCUT2D eigenvalue weighted by atomic mass is 10.1. The van der Waals surface area contributed by atoms with Gasteiger partial charge in [0.05, 0.1) is 21.8 Å². The number of fused-ring (bicyclic) bond motifs is 1. The van der Waals surface area contributed by atoms with Crippen molar-refractivity contribution in [3.63, 3.8) is 0 Å². The Balaban J connectivity index is 1.93. The summed E-state index contributed by atoms with van der Waals surface area (Å²) in [5.74, 6) is 0.101. The topological polar surface area (TPSA) is 110 Å². The summed E-state index contributed by atoms with van der Waals surface area (Å²) in [5.41, 5.74) is 6.05. The number of halogens is 5. The van der Waals surface area contributed by atoms with Gasteiger partial charge in [0.15, 0.2) is 11.5 Å². The maximum atomic E-state index is 13.0. The number of hydrogen-bond donors (Lipinski definition) is 2. The fourth-order valence-corrected chi connectivity index (χ4v) is 3.29. The predicted octanol–water partition coefficient (Wildman–Crippen LogP) is 4.38. The van der Waals surface area contributed by atoms with E-state index in [1.54, 1.807) is 18.2 Å². The molecule has 0 bridgehead atoms. The molecule has 0 aliphatic heterocycles. The van der Waals surface area contributed by atoms with Crippen molar-refractivity contribution in [1.29, 1.82) is 0 Å². The molecule has 0 aliphatic carbocycles. The summed E-state index contributed by atoms with van der Waals surface area (Å²) < 4.78 is 40.2. The number of hydrogen-bond acceptors (Lipinski definition) is 5. The predicted molar refractivity (Wildman–Crippen MR) is 115 cm³/mol. The van der Waals surface area contributed by atoms with E-state index in [2.05, 4.69) is 20.3 Å². The van der Waals surface area contributed by atoms with Crippen molar-refractivity contribution in [3.05, 3.63) is 69.1 Å². The van der Waals surface area contributed by atoms with Crippen LogP contribution in [0.2, 0.25) is 10.0 Å². The molecular formula is C19H15Cl2F3N6O2. The molecule has 2 aromatic heterocycles. The molecule has 0 amide bonds. The largest absolute Gasteiger partial charge is 0.417 e. The average molecular weight is 487 g/mol. The number of amidine groups is 2. The van der Waals surface area contributed by atoms with E-state index in [1.165, 1.54) is 19.5 Å². The fraction of sp³-hybridized carbons (Fsp3) is 0.158. The SMILES string of the molecule is CO/N=C(\N=Cc1cn2cc(C(F)(F)F)cc(Cl)c2n1)c1ccc(C/C(N)=N/O)cc1Cl. The lowest BCUT2D eigenvalue weighted by Crippen LogP contribution is -2.14. The number of nitrogens with zero attached hydrogens (tertiary/aromatic N) is 5. The van der Waals surface area contributed by atoms with Crippen molar-refractivity contribution in [1.82, 2.24) is 9.38 Å². The minimum absolute atomic E-state index is 0.0109. The summed E-state index contributed by atoms with van der Waals surface area (Å²) in [7, 11) is 1.32. The van der Waals surface area contributed by atoms with Crippen LogP contribution in [-0.4, -0.2) is 39.6 Å². The van der Waals surface area contributed by atoms with Gasteiger partial charge in [0.25, 0.3) is 0 Å². The molecular weight excluding hydrogens is 472 g/mol. The van der Waals surface area contributed by atoms with Crippen molar-refractivity contribution in [2.75, 3.05) is 7.11 Å². The van der Waals surface area contributed by atoms with Crippen LogP contribution in [-0.2, 0) is 17.4 Å². The first-order chi connectivity index (χ1) is 15.1. The van der Waals surface area contributed by atoms with E-state index in [-0.39, 0.29) is 39.5 Å². The maximum Gasteiger partial charge on any atom is 0.417 e. The number of pyridine rings is 1. The summed E-state index contributed by atoms with van der Waals surface area (Å²) >= 11 is 12.3. The molecule has 3 N–H and O–H groups in total. The fourth-order valence-electron chi connectivity index (χ4n) is 2.74. The lowest BCUT2D eigenvalue weighted by molar-refractivity contribution is -0.137. The minimum atomic E-state index is -4.55. The number of aromatic nitrogens is 2. The van der Waals surface area contributed by atoms with Crippen LogP contribution < -0.4 is 5.73 Å². The smallest absolute Gasteiger partial charge is 0.409 e. The highest BCUT2D eigenvalue weighted by Crippen LogP contribution is 2.32. The minimum Gasteiger partial charge on any atom is -0.409 e. The summed E-state index contributed by atoms with van der Waals surface area (Å²) in [5, 5.41) is 15.5. The average Bonchev–Trinajstić information content (AvgIpc) is 3.14. The van der Waals surface area contributed by atoms with Gasteiger partial charge in [0, 0.05) is 24.4 Å². The van der Waals surface area contributed by atoms with Gasteiger partial charge in [-0.15, -0.1) is 0 Å². The molecule has 8 nitrogen and oxygen atoms in total. The number of aliphatic imine (C=N–C) groups is 1. The van der Waals surface area contributed by atoms with Crippen molar-refractivity contribution in [2.24, 2.45) is 21.0 Å². The van der Waals surface area contributed by atoms with Crippen LogP contribution in [0.1, 0.15) is 22.4 Å². The van der Waals surface area contributed by atoms with Crippen LogP contribution in [0.25, 0.3) is 5.65 Å². The Labute approximate surface area is 189 Å². The third kappa shape index (κ3) is 5.29. The van der Waals surface area contributed by atoms with Gasteiger partial charge in [0.2, 0.25) is 0 Å². The Kier molecular flexibility index (Phi) is 6.90. The highest BCUT2D eigenvalue weighted by molar-refractivity contribution is 6.34. The van der Waals surface area contributed by atoms with Gasteiger partial charge in [-0.25, -0.2) is 9.98 Å². The van der Waals surface area contributed by atoms with Gasteiger partial charge in [-0.2, -0.15) is 13.2 Å². The summed E-state index contributed by atoms with van der Waals surface area (Å²) in [6.07, 6.45) is -0.864. The highest BCUT2D eigenvalue weighted by atomic mass is 35.5. The molecule has 0 radical (unpaired) electrons. The molecule has 0 saturated carbocycles. The standard InChI is InChI=1S/C19H15Cl2F3N6O2/c1-32-29-17(13-3-2-10(4-14(13)20)5-16(25)28-31)26-7-12-9-30-8-11(19(22,23)24)6-15(21)18(30)27-12/h2-4,6-9,31H,5H2,1H3,(H2,25,28)/b26-7?,29-17-. The molecule has 3 rings (SSSR count). The summed E-state index contributed by atoms with van der Waals surface area (Å²) in [6.45, 7) is 0. The maximum absolute atomic E-state index is 13.0. The molecule has 0 atom stereocenters. The molecule has 168 valence electrons. The second kappa shape index (κ2) is 9.45. The quantitative estimate of drug-likeness (QED) is 0.241. The first-order valence-corrected chi connectivity index (χ1v) is 9.54. The Morgan fingerprint density at radius 1 is 1.25 bits per heavy atom. The van der Waals surface area contributed by atoms with Crippen molar-refractivity contribution in [3.8, 4) is 0 Å². The van der Waals surface area contributed by atoms with E-state index in [9.17, 15) is 13.2 Å². The van der Waals surface area contributed by atoms with E-state index < -0.39 is 11.7 Å². The highest BCUT2D eigenvalue weighted by Gasteiger charge is 2.31. The second-order valence-corrected chi connectivity index (χ2v) is 7.22. The number of rotatable bonds is 5. The Bertz CT molecular complexity index is 1240. The van der Waals surface area contributed by atoms with Gasteiger partial charge in [-0.1, -0.05) is 39.6 Å². The first-order valence-electron chi connectivity index (χ1n) is 8.78. The second-order valence-electron chi connectivity index (χ2n) is 6.41. The molecule has 32 heavy (non-hydrogen) atoms. The van der Waals surface area contributed by atoms with Gasteiger partial charge < -0.3 is 20.2 Å². The lowest BCUT2D eigenvalue weighted by Gasteiger charge is -2.07. The van der Waals surface area contributed by atoms with Gasteiger partial charge in [-0.3, -0.25) is 0 Å². The Hall–Kier alpha value is -3.31. The first kappa shape index (κ1) is 23.4. The zero-order valence-electron chi connectivity index (χ0n) is 16.3. The van der Waals surface area contributed by atoms with Crippen LogP contribution >= 0.6 is 23.2 Å². The molecule has 13 heteroatoms. The summed E-state index contributed by atoms with van der Waals surface area (Å²) in [4.78, 5) is 13.2. The molecule has 1 aromatic carbocycles. The number of oxime groups is 2. The van der Waals surface area contributed by atoms with Crippen LogP contribution in [0, 0.1) is 0 Å². The van der Waals surface area contributed by atoms with Crippen molar-refractivity contribution in [2.45, 2.75) is 12.6 Å². The van der Waals surface area contributed by atoms with E-state index in [0.29, 0.717) is 11.1 Å². The number of imidazole rings is 1. The molecule has 0 aliphatic rings. The van der Waals surface area contributed by atoms with E-state index in [1.807, 2.05) is 0 Å². The normalized spacial score (nSPS) is 13.3. The number of nitrogens with two attached hydrogens (primary N) is 1. The molecule has 0 fully saturated rings. The third-order valence-electron chi connectivity index (χ3n) is 4.14. The van der Waals surface area contributed by atoms with E-state index in [0.717, 1.165) is 16.7 Å². The Morgan fingerprint density at radius 3 is 2.62 bits per heavy atom. The van der Waals surface area contributed by atoms with Crippen LogP contribution in [0.15, 0.2) is 52.0 Å². The molecule has 0 spiro atoms.